The van der Waals surface area contributed by atoms with Gasteiger partial charge in [-0.2, -0.15) is 23.6 Å². The van der Waals surface area contributed by atoms with Gasteiger partial charge in [0, 0.05) is 0 Å². The van der Waals surface area contributed by atoms with Crippen LogP contribution >= 0.6 is 0 Å². The summed E-state index contributed by atoms with van der Waals surface area (Å²) in [6.07, 6.45) is 3.92. The van der Waals surface area contributed by atoms with Gasteiger partial charge in [-0.25, -0.2) is 0 Å². The molecule has 2 aromatic rings. The molecule has 0 radical (unpaired) electrons. The molecule has 86 valence electrons. The van der Waals surface area contributed by atoms with Crippen LogP contribution in [0.1, 0.15) is 17.5 Å². The number of rotatable bonds is 5. The van der Waals surface area contributed by atoms with Gasteiger partial charge in [0.1, 0.15) is 0 Å². The molecule has 0 amide bonds. The Labute approximate surface area is 153 Å². The molecule has 0 bridgehead atoms. The molecule has 0 fully saturated rings. The fourth-order valence-electron chi connectivity index (χ4n) is 1.98. The Morgan fingerprint density at radius 2 is 1.44 bits per heavy atom. The Bertz CT molecular complexity index is 448. The van der Waals surface area contributed by atoms with E-state index in [-0.39, 0.29) is 51.4 Å². The Kier molecular flexibility index (Phi) is 7.64. The second kappa shape index (κ2) is 8.73. The van der Waals surface area contributed by atoms with Gasteiger partial charge in [-0.1, -0.05) is 60.9 Å². The molecule has 0 spiro atoms. The molecule has 0 saturated carbocycles. The van der Waals surface area contributed by atoms with Gasteiger partial charge in [-0.05, 0) is 0 Å². The van der Waals surface area contributed by atoms with Crippen LogP contribution in [0.15, 0.2) is 73.3 Å². The maximum atomic E-state index is 3.85. The molecule has 0 unspecified atom stereocenters. The first-order valence-corrected chi connectivity index (χ1v) is 5.95. The largest absolute Gasteiger partial charge is 1.00 e. The molecule has 0 aliphatic heterocycles. The van der Waals surface area contributed by atoms with Crippen molar-refractivity contribution in [3.8, 4) is 0 Å². The first-order chi connectivity index (χ1) is 8.40. The molecule has 2 rings (SSSR count). The minimum atomic E-state index is 0. The first kappa shape index (κ1) is 15.7. The Hall–Kier alpha value is -0.314. The summed E-state index contributed by atoms with van der Waals surface area (Å²) < 4.78 is 0. The van der Waals surface area contributed by atoms with Crippen molar-refractivity contribution in [1.82, 2.24) is 0 Å². The van der Waals surface area contributed by atoms with Gasteiger partial charge in [-0.3, -0.25) is 0 Å². The molecule has 0 aliphatic rings. The Balaban J connectivity index is 0.00000162. The van der Waals surface area contributed by atoms with Gasteiger partial charge in [0.25, 0.3) is 0 Å². The molecule has 1 heteroatoms. The molecule has 0 heterocycles. The monoisotopic (exact) mass is 260 g/mol. The van der Waals surface area contributed by atoms with Crippen molar-refractivity contribution in [2.75, 3.05) is 0 Å². The molecule has 0 aromatic heterocycles. The molecular weight excluding hydrogens is 243 g/mol. The predicted molar refractivity (Wildman–Crippen MR) is 73.7 cm³/mol. The van der Waals surface area contributed by atoms with Crippen molar-refractivity contribution < 1.29 is 51.4 Å². The third-order valence-corrected chi connectivity index (χ3v) is 2.83. The van der Waals surface area contributed by atoms with Crippen LogP contribution < -0.4 is 51.4 Å². The Morgan fingerprint density at radius 1 is 0.889 bits per heavy atom. The molecule has 2 aromatic carbocycles. The normalized spacial score (nSPS) is 9.33. The van der Waals surface area contributed by atoms with Crippen LogP contribution in [0.5, 0.6) is 0 Å². The summed E-state index contributed by atoms with van der Waals surface area (Å²) in [7, 11) is 0. The first-order valence-electron chi connectivity index (χ1n) is 5.95. The quantitative estimate of drug-likeness (QED) is 0.433. The second-order valence-electron chi connectivity index (χ2n) is 4.12. The summed E-state index contributed by atoms with van der Waals surface area (Å²) in [6, 6.07) is 21.1. The van der Waals surface area contributed by atoms with Crippen LogP contribution in [0.4, 0.5) is 0 Å². The predicted octanol–water partition coefficient (Wildman–Crippen LogP) is 1.43. The number of benzene rings is 2. The number of hydrogen-bond donors (Lipinski definition) is 0. The van der Waals surface area contributed by atoms with Gasteiger partial charge in [0.05, 0.1) is 0 Å². The third kappa shape index (κ3) is 4.75. The van der Waals surface area contributed by atoms with Gasteiger partial charge in [0.2, 0.25) is 0 Å². The smallest absolute Gasteiger partial charge is 0.188 e. The summed E-state index contributed by atoms with van der Waals surface area (Å²) in [6.45, 7) is 3.85. The summed E-state index contributed by atoms with van der Waals surface area (Å²) in [5.74, 6) is 1.42. The summed E-state index contributed by atoms with van der Waals surface area (Å²) in [5.41, 5.74) is 2.67. The molecule has 0 N–H and O–H groups in total. The number of allylic oxidation sites excluding steroid dienone is 1. The van der Waals surface area contributed by atoms with Crippen molar-refractivity contribution in [2.45, 2.75) is 12.8 Å². The van der Waals surface area contributed by atoms with Crippen LogP contribution in [0, 0.1) is 5.92 Å². The average Bonchev–Trinajstić information content (AvgIpc) is 2.40. The zero-order valence-corrected chi connectivity index (χ0v) is 14.1. The maximum absolute atomic E-state index is 3.85. The molecule has 0 saturated heterocycles. The summed E-state index contributed by atoms with van der Waals surface area (Å²) in [5, 5.41) is 0. The van der Waals surface area contributed by atoms with Crippen LogP contribution in [0.3, 0.4) is 0 Å². The van der Waals surface area contributed by atoms with Crippen molar-refractivity contribution in [2.24, 2.45) is 0 Å². The van der Waals surface area contributed by atoms with Crippen LogP contribution in [0.2, 0.25) is 0 Å². The van der Waals surface area contributed by atoms with Crippen LogP contribution in [0.25, 0.3) is 0 Å². The van der Waals surface area contributed by atoms with Crippen molar-refractivity contribution in [3.05, 3.63) is 90.4 Å². The number of hydrogen-bond acceptors (Lipinski definition) is 0. The van der Waals surface area contributed by atoms with Crippen molar-refractivity contribution in [1.29, 1.82) is 0 Å². The SMILES string of the molecule is C=CC[C-](Cc1ccccc1)c1ccccc1.[K+]. The minimum absolute atomic E-state index is 0. The minimum Gasteiger partial charge on any atom is -0.188 e. The van der Waals surface area contributed by atoms with Gasteiger partial charge >= 0.3 is 51.4 Å². The van der Waals surface area contributed by atoms with E-state index in [1.807, 2.05) is 6.08 Å². The molecular formula is C17H17K. The fourth-order valence-corrected chi connectivity index (χ4v) is 1.98. The summed E-state index contributed by atoms with van der Waals surface area (Å²) in [4.78, 5) is 0. The second-order valence-corrected chi connectivity index (χ2v) is 4.12. The van der Waals surface area contributed by atoms with E-state index in [2.05, 4.69) is 67.2 Å². The van der Waals surface area contributed by atoms with E-state index in [4.69, 9.17) is 0 Å². The maximum Gasteiger partial charge on any atom is 1.00 e. The molecule has 18 heavy (non-hydrogen) atoms. The van der Waals surface area contributed by atoms with Gasteiger partial charge in [-0.15, -0.1) is 18.7 Å². The van der Waals surface area contributed by atoms with Crippen LogP contribution in [-0.2, 0) is 6.42 Å². The summed E-state index contributed by atoms with van der Waals surface area (Å²) >= 11 is 0. The zero-order chi connectivity index (χ0) is 11.9. The van der Waals surface area contributed by atoms with Crippen molar-refractivity contribution >= 4 is 0 Å². The van der Waals surface area contributed by atoms with Crippen LogP contribution in [-0.4, -0.2) is 0 Å². The van der Waals surface area contributed by atoms with Crippen molar-refractivity contribution in [3.63, 3.8) is 0 Å². The Morgan fingerprint density at radius 3 is 2.00 bits per heavy atom. The van der Waals surface area contributed by atoms with E-state index in [0.717, 1.165) is 12.8 Å². The van der Waals surface area contributed by atoms with Gasteiger partial charge < -0.3 is 0 Å². The van der Waals surface area contributed by atoms with E-state index in [9.17, 15) is 0 Å². The van der Waals surface area contributed by atoms with E-state index in [1.165, 1.54) is 17.0 Å². The van der Waals surface area contributed by atoms with E-state index < -0.39 is 0 Å². The van der Waals surface area contributed by atoms with Gasteiger partial charge in [0.15, 0.2) is 0 Å². The molecule has 0 atom stereocenters. The standard InChI is InChI=1S/C17H17.K/c1-2-9-17(16-12-7-4-8-13-16)14-15-10-5-3-6-11-15;/h2-8,10-13H,1,9,14H2;/q-1;+1. The average molecular weight is 260 g/mol. The topological polar surface area (TPSA) is 0 Å². The third-order valence-electron chi connectivity index (χ3n) is 2.83. The zero-order valence-electron chi connectivity index (χ0n) is 11.0. The van der Waals surface area contributed by atoms with E-state index in [0.29, 0.717) is 0 Å². The van der Waals surface area contributed by atoms with E-state index >= 15 is 0 Å². The fraction of sp³-hybridized carbons (Fsp3) is 0.118. The molecule has 0 aliphatic carbocycles. The van der Waals surface area contributed by atoms with E-state index in [1.54, 1.807) is 0 Å². The molecule has 0 nitrogen and oxygen atoms in total.